The topological polar surface area (TPSA) is 67.2 Å². The first kappa shape index (κ1) is 7.91. The van der Waals surface area contributed by atoms with Crippen molar-refractivity contribution in [2.75, 3.05) is 6.54 Å². The lowest BCUT2D eigenvalue weighted by Gasteiger charge is -2.22. The predicted octanol–water partition coefficient (Wildman–Crippen LogP) is -0.280. The van der Waals surface area contributed by atoms with Gasteiger partial charge in [-0.2, -0.15) is 0 Å². The van der Waals surface area contributed by atoms with Crippen LogP contribution in [0.1, 0.15) is 6.42 Å². The van der Waals surface area contributed by atoms with Crippen LogP contribution < -0.4 is 16.4 Å². The highest BCUT2D eigenvalue weighted by Gasteiger charge is 2.16. The lowest BCUT2D eigenvalue weighted by Crippen LogP contribution is -2.31. The van der Waals surface area contributed by atoms with Gasteiger partial charge in [0.15, 0.2) is 0 Å². The number of nitrogens with two attached hydrogens (primary N) is 1. The summed E-state index contributed by atoms with van der Waals surface area (Å²) in [6, 6.07) is 0. The fraction of sp³-hybridized carbons (Fsp3) is 0.222. The zero-order chi connectivity index (χ0) is 9.26. The van der Waals surface area contributed by atoms with Crippen LogP contribution in [0.15, 0.2) is 35.3 Å². The van der Waals surface area contributed by atoms with Crippen molar-refractivity contribution in [3.8, 4) is 0 Å². The summed E-state index contributed by atoms with van der Waals surface area (Å²) in [4.78, 5) is 10.9. The van der Waals surface area contributed by atoms with Gasteiger partial charge in [-0.1, -0.05) is 12.2 Å². The van der Waals surface area contributed by atoms with E-state index in [-0.39, 0.29) is 5.91 Å². The molecule has 0 radical (unpaired) electrons. The standard InChI is InChI=1S/C9H11N3O/c10-8(13)7-4-6-2-1-3-11-9(6)12-5-7/h1-2,5,11-12H,3-4H2,(H2,10,13). The van der Waals surface area contributed by atoms with Crippen LogP contribution in [0.25, 0.3) is 0 Å². The first-order valence-electron chi connectivity index (χ1n) is 4.16. The van der Waals surface area contributed by atoms with Gasteiger partial charge in [0.2, 0.25) is 5.91 Å². The molecule has 2 aliphatic heterocycles. The molecule has 0 saturated carbocycles. The summed E-state index contributed by atoms with van der Waals surface area (Å²) in [5.74, 6) is 0.616. The summed E-state index contributed by atoms with van der Waals surface area (Å²) >= 11 is 0. The lowest BCUT2D eigenvalue weighted by molar-refractivity contribution is -0.114. The van der Waals surface area contributed by atoms with Crippen LogP contribution in [0.3, 0.4) is 0 Å². The number of dihydropyridines is 2. The Morgan fingerprint density at radius 1 is 1.54 bits per heavy atom. The van der Waals surface area contributed by atoms with Crippen molar-refractivity contribution in [1.82, 2.24) is 10.6 Å². The van der Waals surface area contributed by atoms with E-state index in [1.807, 2.05) is 12.2 Å². The fourth-order valence-electron chi connectivity index (χ4n) is 1.42. The molecule has 4 N–H and O–H groups in total. The van der Waals surface area contributed by atoms with Crippen molar-refractivity contribution < 1.29 is 4.79 Å². The second-order valence-electron chi connectivity index (χ2n) is 3.04. The number of allylic oxidation sites excluding steroid dienone is 2. The van der Waals surface area contributed by atoms with Gasteiger partial charge in [-0.25, -0.2) is 0 Å². The van der Waals surface area contributed by atoms with Crippen LogP contribution in [0.5, 0.6) is 0 Å². The summed E-state index contributed by atoms with van der Waals surface area (Å²) in [5.41, 5.74) is 6.88. The highest BCUT2D eigenvalue weighted by atomic mass is 16.1. The summed E-state index contributed by atoms with van der Waals surface area (Å²) < 4.78 is 0. The molecule has 4 heteroatoms. The van der Waals surface area contributed by atoms with E-state index in [2.05, 4.69) is 10.6 Å². The maximum absolute atomic E-state index is 10.9. The highest BCUT2D eigenvalue weighted by Crippen LogP contribution is 2.19. The molecule has 0 spiro atoms. The Morgan fingerprint density at radius 2 is 2.38 bits per heavy atom. The summed E-state index contributed by atoms with van der Waals surface area (Å²) in [5, 5.41) is 6.17. The molecule has 4 nitrogen and oxygen atoms in total. The van der Waals surface area contributed by atoms with Crippen molar-refractivity contribution in [1.29, 1.82) is 0 Å². The normalized spacial score (nSPS) is 19.8. The maximum Gasteiger partial charge on any atom is 0.246 e. The first-order chi connectivity index (χ1) is 6.27. The third-order valence-corrected chi connectivity index (χ3v) is 2.12. The van der Waals surface area contributed by atoms with E-state index in [0.29, 0.717) is 12.0 Å². The average Bonchev–Trinajstić information content (AvgIpc) is 2.17. The SMILES string of the molecule is NC(=O)C1=CNC2=C(C=CCN2)C1. The second kappa shape index (κ2) is 2.97. The molecule has 68 valence electrons. The first-order valence-corrected chi connectivity index (χ1v) is 4.16. The number of carbonyl (C=O) groups is 1. The summed E-state index contributed by atoms with van der Waals surface area (Å²) in [6.45, 7) is 0.825. The Balaban J connectivity index is 2.19. The number of rotatable bonds is 1. The molecule has 0 aliphatic carbocycles. The Labute approximate surface area is 76.2 Å². The molecule has 0 saturated heterocycles. The lowest BCUT2D eigenvalue weighted by atomic mass is 10.0. The molecular formula is C9H11N3O. The number of primary amides is 1. The third-order valence-electron chi connectivity index (χ3n) is 2.12. The minimum atomic E-state index is -0.363. The molecule has 0 unspecified atom stereocenters. The number of hydrogen-bond acceptors (Lipinski definition) is 3. The largest absolute Gasteiger partial charge is 0.368 e. The van der Waals surface area contributed by atoms with Gasteiger partial charge < -0.3 is 16.4 Å². The molecule has 13 heavy (non-hydrogen) atoms. The van der Waals surface area contributed by atoms with Crippen LogP contribution in [0.2, 0.25) is 0 Å². The monoisotopic (exact) mass is 177 g/mol. The molecule has 2 aliphatic rings. The smallest absolute Gasteiger partial charge is 0.246 e. The molecule has 0 atom stereocenters. The van der Waals surface area contributed by atoms with Gasteiger partial charge in [0.1, 0.15) is 5.82 Å². The van der Waals surface area contributed by atoms with Crippen molar-refractivity contribution in [3.63, 3.8) is 0 Å². The number of carbonyl (C=O) groups excluding carboxylic acids is 1. The van der Waals surface area contributed by atoms with E-state index in [1.165, 1.54) is 0 Å². The minimum Gasteiger partial charge on any atom is -0.368 e. The Kier molecular flexibility index (Phi) is 1.81. The second-order valence-corrected chi connectivity index (χ2v) is 3.04. The Hall–Kier alpha value is -1.71. The van der Waals surface area contributed by atoms with E-state index < -0.39 is 0 Å². The van der Waals surface area contributed by atoms with E-state index in [0.717, 1.165) is 17.9 Å². The fourth-order valence-corrected chi connectivity index (χ4v) is 1.42. The summed E-state index contributed by atoms with van der Waals surface area (Å²) in [7, 11) is 0. The van der Waals surface area contributed by atoms with Crippen LogP contribution in [-0.4, -0.2) is 12.5 Å². The maximum atomic E-state index is 10.9. The molecule has 0 bridgehead atoms. The van der Waals surface area contributed by atoms with Gasteiger partial charge in [-0.05, 0) is 5.57 Å². The molecule has 0 aromatic rings. The summed E-state index contributed by atoms with van der Waals surface area (Å²) in [6.07, 6.45) is 6.30. The third kappa shape index (κ3) is 1.42. The Morgan fingerprint density at radius 3 is 3.15 bits per heavy atom. The van der Waals surface area contributed by atoms with Crippen molar-refractivity contribution in [3.05, 3.63) is 35.3 Å². The molecule has 2 rings (SSSR count). The number of nitrogens with one attached hydrogen (secondary N) is 2. The average molecular weight is 177 g/mol. The zero-order valence-electron chi connectivity index (χ0n) is 7.13. The highest BCUT2D eigenvalue weighted by molar-refractivity contribution is 5.92. The van der Waals surface area contributed by atoms with Gasteiger partial charge >= 0.3 is 0 Å². The molecule has 1 amide bonds. The van der Waals surface area contributed by atoms with Crippen LogP contribution in [0.4, 0.5) is 0 Å². The number of hydrogen-bond donors (Lipinski definition) is 3. The van der Waals surface area contributed by atoms with Crippen LogP contribution >= 0.6 is 0 Å². The van der Waals surface area contributed by atoms with Gasteiger partial charge in [-0.15, -0.1) is 0 Å². The van der Waals surface area contributed by atoms with E-state index in [1.54, 1.807) is 6.20 Å². The van der Waals surface area contributed by atoms with Crippen molar-refractivity contribution in [2.24, 2.45) is 5.73 Å². The van der Waals surface area contributed by atoms with Crippen molar-refractivity contribution in [2.45, 2.75) is 6.42 Å². The molecular weight excluding hydrogens is 166 g/mol. The molecule has 0 aromatic heterocycles. The minimum absolute atomic E-state index is 0.363. The Bertz CT molecular complexity index is 339. The van der Waals surface area contributed by atoms with Crippen LogP contribution in [0, 0.1) is 0 Å². The number of amides is 1. The molecule has 0 fully saturated rings. The van der Waals surface area contributed by atoms with E-state index in [4.69, 9.17) is 5.73 Å². The van der Waals surface area contributed by atoms with Gasteiger partial charge in [0, 0.05) is 24.7 Å². The molecule has 2 heterocycles. The zero-order valence-corrected chi connectivity index (χ0v) is 7.13. The van der Waals surface area contributed by atoms with Gasteiger partial charge in [0.25, 0.3) is 0 Å². The predicted molar refractivity (Wildman–Crippen MR) is 49.2 cm³/mol. The molecule has 0 aromatic carbocycles. The van der Waals surface area contributed by atoms with Crippen LogP contribution in [-0.2, 0) is 4.79 Å². The van der Waals surface area contributed by atoms with Gasteiger partial charge in [0.05, 0.1) is 0 Å². The van der Waals surface area contributed by atoms with Gasteiger partial charge in [-0.3, -0.25) is 4.79 Å². The van der Waals surface area contributed by atoms with E-state index in [9.17, 15) is 4.79 Å². The van der Waals surface area contributed by atoms with Crippen molar-refractivity contribution >= 4 is 5.91 Å². The quantitative estimate of drug-likeness (QED) is 0.516. The van der Waals surface area contributed by atoms with E-state index >= 15 is 0 Å².